The maximum atomic E-state index is 6.37. The Bertz CT molecular complexity index is 1200. The molecule has 0 spiro atoms. The summed E-state index contributed by atoms with van der Waals surface area (Å²) < 4.78 is 25.5. The van der Waals surface area contributed by atoms with Crippen LogP contribution in [0.25, 0.3) is 30.6 Å². The maximum Gasteiger partial charge on any atom is 0.131 e. The van der Waals surface area contributed by atoms with E-state index in [2.05, 4.69) is 60.7 Å². The van der Waals surface area contributed by atoms with Crippen LogP contribution in [-0.4, -0.2) is 26.4 Å². The van der Waals surface area contributed by atoms with Crippen molar-refractivity contribution in [3.05, 3.63) is 60.7 Å². The molecule has 0 amide bonds. The third-order valence-electron chi connectivity index (χ3n) is 7.03. The van der Waals surface area contributed by atoms with Crippen LogP contribution in [0.15, 0.2) is 60.7 Å². The highest BCUT2D eigenvalue weighted by atomic mass is 32.1. The first-order valence-corrected chi connectivity index (χ1v) is 15.5. The molecule has 0 fully saturated rings. The lowest BCUT2D eigenvalue weighted by Crippen LogP contribution is -2.04. The fraction of sp³-hybridized carbons (Fsp3) is 0.375. The second-order valence-electron chi connectivity index (χ2n) is 9.81. The molecule has 4 aromatic rings. The Balaban J connectivity index is 1.47. The first-order valence-electron chi connectivity index (χ1n) is 13.8. The van der Waals surface area contributed by atoms with E-state index in [0.29, 0.717) is 26.4 Å². The first-order chi connectivity index (χ1) is 18.9. The summed E-state index contributed by atoms with van der Waals surface area (Å²) in [6.45, 7) is 2.81. The Kier molecular flexibility index (Phi) is 8.17. The summed E-state index contributed by atoms with van der Waals surface area (Å²) in [5, 5.41) is 0. The molecule has 0 atom stereocenters. The highest BCUT2D eigenvalue weighted by Gasteiger charge is 2.20. The molecule has 0 radical (unpaired) electrons. The zero-order chi connectivity index (χ0) is 25.6. The molecule has 2 aliphatic rings. The van der Waals surface area contributed by atoms with Gasteiger partial charge in [-0.2, -0.15) is 0 Å². The van der Waals surface area contributed by atoms with E-state index in [1.54, 1.807) is 22.7 Å². The van der Waals surface area contributed by atoms with Crippen LogP contribution in [0.2, 0.25) is 0 Å². The molecule has 6 bridgehead atoms. The van der Waals surface area contributed by atoms with Crippen molar-refractivity contribution in [2.75, 3.05) is 26.4 Å². The van der Waals surface area contributed by atoms with E-state index in [-0.39, 0.29) is 0 Å². The van der Waals surface area contributed by atoms with Crippen LogP contribution in [0.5, 0.6) is 23.0 Å². The summed E-state index contributed by atoms with van der Waals surface area (Å²) in [5.41, 5.74) is 2.16. The lowest BCUT2D eigenvalue weighted by molar-refractivity contribution is 0.276. The average Bonchev–Trinajstić information content (AvgIpc) is 3.61. The highest BCUT2D eigenvalue weighted by Crippen LogP contribution is 2.48. The van der Waals surface area contributed by atoms with Crippen molar-refractivity contribution >= 4 is 22.7 Å². The van der Waals surface area contributed by atoms with E-state index < -0.39 is 0 Å². The van der Waals surface area contributed by atoms with E-state index in [0.717, 1.165) is 85.5 Å². The van der Waals surface area contributed by atoms with Gasteiger partial charge in [0, 0.05) is 19.5 Å². The van der Waals surface area contributed by atoms with Crippen LogP contribution in [0, 0.1) is 0 Å². The molecule has 0 N–H and O–H groups in total. The Morgan fingerprint density at radius 3 is 1.03 bits per heavy atom. The van der Waals surface area contributed by atoms with Crippen molar-refractivity contribution in [2.45, 2.75) is 51.4 Å². The van der Waals surface area contributed by atoms with Crippen LogP contribution in [0.4, 0.5) is 0 Å². The summed E-state index contributed by atoms with van der Waals surface area (Å²) in [6.07, 6.45) is 8.53. The monoisotopic (exact) mass is 546 g/mol. The predicted octanol–water partition coefficient (Wildman–Crippen LogP) is 9.47. The van der Waals surface area contributed by atoms with Gasteiger partial charge < -0.3 is 18.9 Å². The summed E-state index contributed by atoms with van der Waals surface area (Å²) in [4.78, 5) is 4.83. The minimum absolute atomic E-state index is 0.702. The van der Waals surface area contributed by atoms with Crippen LogP contribution < -0.4 is 18.9 Å². The second-order valence-corrected chi connectivity index (χ2v) is 12.0. The van der Waals surface area contributed by atoms with Crippen LogP contribution in [0.1, 0.15) is 51.4 Å². The normalized spacial score (nSPS) is 16.5. The van der Waals surface area contributed by atoms with Crippen molar-refractivity contribution in [3.63, 3.8) is 0 Å². The minimum atomic E-state index is 0.702. The number of rotatable bonds is 0. The molecule has 6 heteroatoms. The zero-order valence-electron chi connectivity index (χ0n) is 21.7. The number of benzene rings is 2. The standard InChI is InChI=1S/C32H34O4S2/c1-2-6-20-34-24-12-10-14-26-32(24)30-18-16-28(38-30)27-15-17-29(37-27)31-23(33-19-5-1)11-9-13-25(31)35-21-7-3-4-8-22-36-26/h9-18H,1-8,19-22H2. The minimum Gasteiger partial charge on any atom is -0.493 e. The van der Waals surface area contributed by atoms with Crippen molar-refractivity contribution in [3.8, 4) is 53.6 Å². The molecule has 4 nitrogen and oxygen atoms in total. The Morgan fingerprint density at radius 1 is 0.368 bits per heavy atom. The fourth-order valence-corrected chi connectivity index (χ4v) is 7.25. The third-order valence-corrected chi connectivity index (χ3v) is 9.43. The molecule has 0 saturated heterocycles. The van der Waals surface area contributed by atoms with Gasteiger partial charge in [0.1, 0.15) is 23.0 Å². The lowest BCUT2D eigenvalue weighted by Gasteiger charge is -2.17. The molecule has 4 heterocycles. The van der Waals surface area contributed by atoms with Crippen LogP contribution >= 0.6 is 22.7 Å². The molecule has 2 aromatic heterocycles. The molecule has 38 heavy (non-hydrogen) atoms. The SMILES string of the molecule is c1cc2c3c(c1)OCCCCCCOc1cccc(c1-c1ccc(s1)-c1ccc-3s1)OCCCCCCO2. The van der Waals surface area contributed by atoms with Gasteiger partial charge in [0.25, 0.3) is 0 Å². The van der Waals surface area contributed by atoms with Crippen molar-refractivity contribution in [1.29, 1.82) is 0 Å². The van der Waals surface area contributed by atoms with E-state index in [4.69, 9.17) is 18.9 Å². The molecule has 0 aliphatic carbocycles. The summed E-state index contributed by atoms with van der Waals surface area (Å²) in [5.74, 6) is 3.66. The first kappa shape index (κ1) is 25.3. The molecular weight excluding hydrogens is 512 g/mol. The maximum absolute atomic E-state index is 6.37. The molecule has 2 aromatic carbocycles. The van der Waals surface area contributed by atoms with Gasteiger partial charge >= 0.3 is 0 Å². The molecule has 0 saturated carbocycles. The Labute approximate surface area is 233 Å². The van der Waals surface area contributed by atoms with E-state index in [1.165, 1.54) is 19.5 Å². The van der Waals surface area contributed by atoms with Gasteiger partial charge in [-0.15, -0.1) is 22.7 Å². The second kappa shape index (κ2) is 12.3. The van der Waals surface area contributed by atoms with E-state index in [1.807, 2.05) is 0 Å². The van der Waals surface area contributed by atoms with Gasteiger partial charge in [0.15, 0.2) is 0 Å². The van der Waals surface area contributed by atoms with Crippen LogP contribution in [-0.2, 0) is 0 Å². The van der Waals surface area contributed by atoms with Gasteiger partial charge in [-0.3, -0.25) is 0 Å². The zero-order valence-corrected chi connectivity index (χ0v) is 23.3. The molecular formula is C32H34O4S2. The van der Waals surface area contributed by atoms with Gasteiger partial charge in [0.05, 0.1) is 37.6 Å². The van der Waals surface area contributed by atoms with Gasteiger partial charge in [-0.05, 0) is 99.9 Å². The highest BCUT2D eigenvalue weighted by molar-refractivity contribution is 7.25. The number of thiophene rings is 2. The average molecular weight is 547 g/mol. The number of hydrogen-bond donors (Lipinski definition) is 0. The van der Waals surface area contributed by atoms with Gasteiger partial charge in [-0.25, -0.2) is 0 Å². The summed E-state index contributed by atoms with van der Waals surface area (Å²) in [7, 11) is 0. The Morgan fingerprint density at radius 2 is 0.684 bits per heavy atom. The van der Waals surface area contributed by atoms with E-state index in [9.17, 15) is 0 Å². The molecule has 6 rings (SSSR count). The van der Waals surface area contributed by atoms with Gasteiger partial charge in [0.2, 0.25) is 0 Å². The summed E-state index contributed by atoms with van der Waals surface area (Å²) in [6, 6.07) is 21.3. The smallest absolute Gasteiger partial charge is 0.131 e. The van der Waals surface area contributed by atoms with Crippen molar-refractivity contribution in [2.24, 2.45) is 0 Å². The summed E-state index contributed by atoms with van der Waals surface area (Å²) >= 11 is 3.59. The lowest BCUT2D eigenvalue weighted by atomic mass is 10.1. The van der Waals surface area contributed by atoms with E-state index >= 15 is 0 Å². The quantitative estimate of drug-likeness (QED) is 0.220. The predicted molar refractivity (Wildman–Crippen MR) is 157 cm³/mol. The molecule has 0 unspecified atom stereocenters. The molecule has 198 valence electrons. The molecule has 2 aliphatic heterocycles. The Hall–Kier alpha value is -2.96. The number of hydrogen-bond acceptors (Lipinski definition) is 6. The third kappa shape index (κ3) is 5.71. The number of ether oxygens (including phenoxy) is 4. The van der Waals surface area contributed by atoms with Crippen molar-refractivity contribution in [1.82, 2.24) is 0 Å². The van der Waals surface area contributed by atoms with Crippen molar-refractivity contribution < 1.29 is 18.9 Å². The van der Waals surface area contributed by atoms with Crippen LogP contribution in [0.3, 0.4) is 0 Å². The van der Waals surface area contributed by atoms with Gasteiger partial charge in [-0.1, -0.05) is 12.1 Å². The fourth-order valence-electron chi connectivity index (χ4n) is 5.04. The largest absolute Gasteiger partial charge is 0.493 e. The topological polar surface area (TPSA) is 36.9 Å².